The van der Waals surface area contributed by atoms with Crippen molar-refractivity contribution in [2.24, 2.45) is 5.92 Å². The van der Waals surface area contributed by atoms with Crippen LogP contribution in [-0.2, 0) is 4.79 Å². The molecule has 1 aromatic rings. The van der Waals surface area contributed by atoms with E-state index in [-0.39, 0.29) is 17.6 Å². The fourth-order valence-electron chi connectivity index (χ4n) is 2.54. The first-order chi connectivity index (χ1) is 8.66. The fourth-order valence-corrected chi connectivity index (χ4v) is 2.71. The first kappa shape index (κ1) is 11.7. The van der Waals surface area contributed by atoms with Crippen molar-refractivity contribution in [1.82, 2.24) is 0 Å². The minimum atomic E-state index is 0.0742. The van der Waals surface area contributed by atoms with Gasteiger partial charge >= 0.3 is 0 Å². The summed E-state index contributed by atoms with van der Waals surface area (Å²) in [4.78, 5) is 25.9. The number of hydrogen-bond acceptors (Lipinski definition) is 2. The molecule has 3 nitrogen and oxygen atoms in total. The Hall–Kier alpha value is -1.35. The average Bonchev–Trinajstić information content (AvgIpc) is 2.28. The Bertz CT molecular complexity index is 523. The van der Waals surface area contributed by atoms with Gasteiger partial charge in [-0.15, -0.1) is 0 Å². The summed E-state index contributed by atoms with van der Waals surface area (Å²) >= 11 is 5.91. The van der Waals surface area contributed by atoms with Gasteiger partial charge in [-0.05, 0) is 31.0 Å². The lowest BCUT2D eigenvalue weighted by Gasteiger charge is -2.34. The van der Waals surface area contributed by atoms with Gasteiger partial charge in [-0.1, -0.05) is 18.0 Å². The van der Waals surface area contributed by atoms with E-state index < -0.39 is 0 Å². The van der Waals surface area contributed by atoms with E-state index in [1.165, 1.54) is 0 Å². The third-order valence-electron chi connectivity index (χ3n) is 3.83. The second-order valence-corrected chi connectivity index (χ2v) is 5.39. The molecule has 0 aromatic heterocycles. The van der Waals surface area contributed by atoms with Crippen LogP contribution in [-0.4, -0.2) is 18.2 Å². The summed E-state index contributed by atoms with van der Waals surface area (Å²) in [6.07, 6.45) is 3.49. The van der Waals surface area contributed by atoms with E-state index in [1.54, 1.807) is 23.1 Å². The van der Waals surface area contributed by atoms with Crippen molar-refractivity contribution in [3.63, 3.8) is 0 Å². The van der Waals surface area contributed by atoms with Crippen molar-refractivity contribution in [1.29, 1.82) is 0 Å². The van der Waals surface area contributed by atoms with Gasteiger partial charge in [0.25, 0.3) is 0 Å². The Kier molecular flexibility index (Phi) is 2.86. The second-order valence-electron chi connectivity index (χ2n) is 4.95. The number of anilines is 1. The zero-order valence-electron chi connectivity index (χ0n) is 9.99. The maximum absolute atomic E-state index is 12.3. The summed E-state index contributed by atoms with van der Waals surface area (Å²) in [6, 6.07) is 5.19. The van der Waals surface area contributed by atoms with E-state index >= 15 is 0 Å². The quantitative estimate of drug-likeness (QED) is 0.781. The summed E-state index contributed by atoms with van der Waals surface area (Å²) in [5, 5.41) is 0.542. The molecule has 1 fully saturated rings. The molecule has 94 valence electrons. The van der Waals surface area contributed by atoms with Gasteiger partial charge in [0.15, 0.2) is 5.78 Å². The number of halogens is 1. The van der Waals surface area contributed by atoms with Gasteiger partial charge in [0, 0.05) is 29.5 Å². The van der Waals surface area contributed by atoms with Crippen LogP contribution in [0.1, 0.15) is 36.0 Å². The van der Waals surface area contributed by atoms with Crippen LogP contribution >= 0.6 is 11.6 Å². The van der Waals surface area contributed by atoms with Crippen molar-refractivity contribution in [2.45, 2.75) is 25.7 Å². The maximum atomic E-state index is 12.3. The molecule has 0 atom stereocenters. The number of carbonyl (C=O) groups is 2. The van der Waals surface area contributed by atoms with Crippen LogP contribution in [0.4, 0.5) is 5.69 Å². The second kappa shape index (κ2) is 4.39. The minimum absolute atomic E-state index is 0.0742. The van der Waals surface area contributed by atoms with Gasteiger partial charge in [-0.3, -0.25) is 9.59 Å². The van der Waals surface area contributed by atoms with Crippen molar-refractivity contribution >= 4 is 29.0 Å². The number of fused-ring (bicyclic) bond motifs is 1. The maximum Gasteiger partial charge on any atom is 0.230 e. The molecular formula is C14H14ClNO2. The van der Waals surface area contributed by atoms with Crippen molar-refractivity contribution in [2.75, 3.05) is 11.4 Å². The molecule has 1 heterocycles. The number of amides is 1. The zero-order valence-corrected chi connectivity index (χ0v) is 10.7. The summed E-state index contributed by atoms with van der Waals surface area (Å²) in [7, 11) is 0. The van der Waals surface area contributed by atoms with E-state index in [9.17, 15) is 9.59 Å². The van der Waals surface area contributed by atoms with E-state index in [0.717, 1.165) is 24.9 Å². The highest BCUT2D eigenvalue weighted by atomic mass is 35.5. The first-order valence-electron chi connectivity index (χ1n) is 6.31. The number of nitrogens with zero attached hydrogens (tertiary/aromatic N) is 1. The Morgan fingerprint density at radius 2 is 2.11 bits per heavy atom. The molecule has 0 radical (unpaired) electrons. The van der Waals surface area contributed by atoms with Crippen molar-refractivity contribution in [3.8, 4) is 0 Å². The number of ketones is 1. The number of benzene rings is 1. The highest BCUT2D eigenvalue weighted by Crippen LogP contribution is 2.34. The monoisotopic (exact) mass is 263 g/mol. The van der Waals surface area contributed by atoms with E-state index in [4.69, 9.17) is 11.6 Å². The van der Waals surface area contributed by atoms with Gasteiger partial charge in [-0.25, -0.2) is 0 Å². The predicted molar refractivity (Wildman–Crippen MR) is 70.1 cm³/mol. The van der Waals surface area contributed by atoms with Crippen LogP contribution in [0.15, 0.2) is 18.2 Å². The summed E-state index contributed by atoms with van der Waals surface area (Å²) in [5.74, 6) is 0.393. The van der Waals surface area contributed by atoms with Crippen LogP contribution in [0.25, 0.3) is 0 Å². The molecule has 2 aliphatic rings. The number of rotatable bonds is 1. The molecule has 1 aliphatic carbocycles. The van der Waals surface area contributed by atoms with Crippen LogP contribution < -0.4 is 4.90 Å². The molecule has 1 saturated carbocycles. The summed E-state index contributed by atoms with van der Waals surface area (Å²) < 4.78 is 0. The Balaban J connectivity index is 1.97. The third kappa shape index (κ3) is 1.83. The van der Waals surface area contributed by atoms with Crippen molar-refractivity contribution in [3.05, 3.63) is 28.8 Å². The van der Waals surface area contributed by atoms with Gasteiger partial charge < -0.3 is 4.90 Å². The Morgan fingerprint density at radius 3 is 2.78 bits per heavy atom. The van der Waals surface area contributed by atoms with Gasteiger partial charge in [0.05, 0.1) is 5.69 Å². The lowest BCUT2D eigenvalue weighted by Crippen LogP contribution is -2.42. The topological polar surface area (TPSA) is 37.4 Å². The predicted octanol–water partition coefficient (Wildman–Crippen LogP) is 3.06. The highest BCUT2D eigenvalue weighted by molar-refractivity contribution is 6.31. The molecule has 1 aromatic carbocycles. The molecular weight excluding hydrogens is 250 g/mol. The van der Waals surface area contributed by atoms with Crippen LogP contribution in [0.3, 0.4) is 0 Å². The molecule has 1 aliphatic heterocycles. The third-order valence-corrected chi connectivity index (χ3v) is 4.07. The Labute approximate surface area is 111 Å². The molecule has 0 saturated heterocycles. The van der Waals surface area contributed by atoms with Gasteiger partial charge in [0.2, 0.25) is 5.91 Å². The average molecular weight is 264 g/mol. The first-order valence-corrected chi connectivity index (χ1v) is 6.69. The lowest BCUT2D eigenvalue weighted by atomic mass is 9.83. The van der Waals surface area contributed by atoms with Gasteiger partial charge in [-0.2, -0.15) is 0 Å². The SMILES string of the molecule is O=C1CCN(C(=O)C2CCC2)c2ccc(Cl)cc21. The zero-order chi connectivity index (χ0) is 12.7. The van der Waals surface area contributed by atoms with Gasteiger partial charge in [0.1, 0.15) is 0 Å². The fraction of sp³-hybridized carbons (Fsp3) is 0.429. The van der Waals surface area contributed by atoms with E-state index in [0.29, 0.717) is 23.6 Å². The van der Waals surface area contributed by atoms with Crippen molar-refractivity contribution < 1.29 is 9.59 Å². The molecule has 3 rings (SSSR count). The molecule has 0 bridgehead atoms. The number of hydrogen-bond donors (Lipinski definition) is 0. The molecule has 1 amide bonds. The molecule has 0 unspecified atom stereocenters. The minimum Gasteiger partial charge on any atom is -0.311 e. The molecule has 18 heavy (non-hydrogen) atoms. The van der Waals surface area contributed by atoms with E-state index in [1.807, 2.05) is 0 Å². The largest absolute Gasteiger partial charge is 0.311 e. The standard InChI is InChI=1S/C14H14ClNO2/c15-10-4-5-12-11(8-10)13(17)6-7-16(12)14(18)9-2-1-3-9/h4-5,8-9H,1-3,6-7H2. The van der Waals surface area contributed by atoms with E-state index in [2.05, 4.69) is 0 Å². The smallest absolute Gasteiger partial charge is 0.230 e. The summed E-state index contributed by atoms with van der Waals surface area (Å²) in [5.41, 5.74) is 1.31. The normalized spacial score (nSPS) is 19.4. The molecule has 0 N–H and O–H groups in total. The highest BCUT2D eigenvalue weighted by Gasteiger charge is 2.34. The Morgan fingerprint density at radius 1 is 1.33 bits per heavy atom. The molecule has 0 spiro atoms. The number of carbonyl (C=O) groups excluding carboxylic acids is 2. The number of Topliss-reactive ketones (excluding diaryl/α,β-unsaturated/α-hetero) is 1. The van der Waals surface area contributed by atoms with Crippen LogP contribution in [0.5, 0.6) is 0 Å². The lowest BCUT2D eigenvalue weighted by molar-refractivity contribution is -0.124. The summed E-state index contributed by atoms with van der Waals surface area (Å²) in [6.45, 7) is 0.503. The van der Waals surface area contributed by atoms with Crippen LogP contribution in [0.2, 0.25) is 5.02 Å². The van der Waals surface area contributed by atoms with Crippen LogP contribution in [0, 0.1) is 5.92 Å². The molecule has 4 heteroatoms.